The summed E-state index contributed by atoms with van der Waals surface area (Å²) in [6, 6.07) is 3.75. The maximum atomic E-state index is 12.2. The predicted octanol–water partition coefficient (Wildman–Crippen LogP) is 3.34. The molecular formula is C12H11BrN2OS. The van der Waals surface area contributed by atoms with Crippen LogP contribution < -0.4 is 0 Å². The number of carbonyl (C=O) groups is 1. The number of thiophene rings is 1. The fourth-order valence-electron chi connectivity index (χ4n) is 1.52. The standard InChI is InChI=1S/C12H11BrN2OS/c1-7-5-9(8(2)15-14-7)11(16)6-12-10(13)3-4-17-12/h3-5H,6H2,1-2H3. The lowest BCUT2D eigenvalue weighted by Crippen LogP contribution is -2.08. The molecule has 88 valence electrons. The largest absolute Gasteiger partial charge is 0.294 e. The monoisotopic (exact) mass is 310 g/mol. The van der Waals surface area contributed by atoms with Crippen LogP contribution in [0.3, 0.4) is 0 Å². The first-order valence-corrected chi connectivity index (χ1v) is 6.81. The zero-order chi connectivity index (χ0) is 12.4. The highest BCUT2D eigenvalue weighted by molar-refractivity contribution is 9.10. The molecule has 0 bridgehead atoms. The third-order valence-corrected chi connectivity index (χ3v) is 4.34. The van der Waals surface area contributed by atoms with Gasteiger partial charge in [0.1, 0.15) is 0 Å². The number of rotatable bonds is 3. The zero-order valence-corrected chi connectivity index (χ0v) is 11.9. The molecule has 0 aromatic carbocycles. The average Bonchev–Trinajstić information content (AvgIpc) is 2.68. The minimum absolute atomic E-state index is 0.0867. The van der Waals surface area contributed by atoms with Crippen LogP contribution >= 0.6 is 27.3 Å². The molecule has 0 unspecified atom stereocenters. The van der Waals surface area contributed by atoms with Gasteiger partial charge in [0.2, 0.25) is 0 Å². The average molecular weight is 311 g/mol. The van der Waals surface area contributed by atoms with Gasteiger partial charge >= 0.3 is 0 Å². The van der Waals surface area contributed by atoms with Crippen LogP contribution in [0.15, 0.2) is 22.0 Å². The number of carbonyl (C=O) groups excluding carboxylic acids is 1. The van der Waals surface area contributed by atoms with Crippen molar-refractivity contribution in [3.63, 3.8) is 0 Å². The number of Topliss-reactive ketones (excluding diaryl/α,β-unsaturated/α-hetero) is 1. The number of aryl methyl sites for hydroxylation is 2. The van der Waals surface area contributed by atoms with E-state index in [0.717, 1.165) is 15.0 Å². The molecule has 0 amide bonds. The van der Waals surface area contributed by atoms with Gasteiger partial charge in [0, 0.05) is 21.3 Å². The number of hydrogen-bond donors (Lipinski definition) is 0. The maximum absolute atomic E-state index is 12.2. The van der Waals surface area contributed by atoms with Crippen LogP contribution in [0.2, 0.25) is 0 Å². The number of aromatic nitrogens is 2. The van der Waals surface area contributed by atoms with Crippen molar-refractivity contribution in [1.82, 2.24) is 10.2 Å². The SMILES string of the molecule is Cc1cc(C(=O)Cc2sccc2Br)c(C)nn1. The molecule has 0 fully saturated rings. The Morgan fingerprint density at radius 3 is 2.82 bits per heavy atom. The fourth-order valence-corrected chi connectivity index (χ4v) is 3.02. The van der Waals surface area contributed by atoms with Crippen LogP contribution in [0, 0.1) is 13.8 Å². The molecule has 0 atom stereocenters. The van der Waals surface area contributed by atoms with E-state index in [0.29, 0.717) is 17.7 Å². The lowest BCUT2D eigenvalue weighted by molar-refractivity contribution is 0.0992. The van der Waals surface area contributed by atoms with Crippen LogP contribution in [-0.4, -0.2) is 16.0 Å². The van der Waals surface area contributed by atoms with E-state index in [2.05, 4.69) is 26.1 Å². The topological polar surface area (TPSA) is 42.9 Å². The van der Waals surface area contributed by atoms with Gasteiger partial charge in [-0.2, -0.15) is 10.2 Å². The predicted molar refractivity (Wildman–Crippen MR) is 71.6 cm³/mol. The molecule has 0 saturated carbocycles. The highest BCUT2D eigenvalue weighted by atomic mass is 79.9. The van der Waals surface area contributed by atoms with Crippen molar-refractivity contribution in [2.24, 2.45) is 0 Å². The first-order valence-electron chi connectivity index (χ1n) is 5.14. The lowest BCUT2D eigenvalue weighted by atomic mass is 10.1. The van der Waals surface area contributed by atoms with Gasteiger partial charge in [-0.1, -0.05) is 0 Å². The number of nitrogens with zero attached hydrogens (tertiary/aromatic N) is 2. The summed E-state index contributed by atoms with van der Waals surface area (Å²) in [6.45, 7) is 3.65. The van der Waals surface area contributed by atoms with Crippen LogP contribution in [-0.2, 0) is 6.42 Å². The molecule has 0 aliphatic heterocycles. The van der Waals surface area contributed by atoms with Crippen LogP contribution in [0.25, 0.3) is 0 Å². The van der Waals surface area contributed by atoms with Crippen LogP contribution in [0.5, 0.6) is 0 Å². The smallest absolute Gasteiger partial charge is 0.170 e. The van der Waals surface area contributed by atoms with Crippen molar-refractivity contribution in [1.29, 1.82) is 0 Å². The normalized spacial score (nSPS) is 10.5. The van der Waals surface area contributed by atoms with E-state index in [1.54, 1.807) is 17.4 Å². The summed E-state index contributed by atoms with van der Waals surface area (Å²) >= 11 is 5.01. The third-order valence-electron chi connectivity index (χ3n) is 2.41. The van der Waals surface area contributed by atoms with Gasteiger partial charge in [0.25, 0.3) is 0 Å². The minimum Gasteiger partial charge on any atom is -0.294 e. The Hall–Kier alpha value is -1.07. The van der Waals surface area contributed by atoms with Crippen molar-refractivity contribution < 1.29 is 4.79 Å². The van der Waals surface area contributed by atoms with E-state index in [-0.39, 0.29) is 5.78 Å². The molecule has 0 radical (unpaired) electrons. The molecular weight excluding hydrogens is 300 g/mol. The second-order valence-electron chi connectivity index (χ2n) is 3.78. The third kappa shape index (κ3) is 2.79. The Morgan fingerprint density at radius 1 is 1.41 bits per heavy atom. The van der Waals surface area contributed by atoms with E-state index in [9.17, 15) is 4.79 Å². The molecule has 0 aliphatic rings. The van der Waals surface area contributed by atoms with Gasteiger partial charge in [-0.05, 0) is 47.3 Å². The molecule has 5 heteroatoms. The number of hydrogen-bond acceptors (Lipinski definition) is 4. The Morgan fingerprint density at radius 2 is 2.18 bits per heavy atom. The van der Waals surface area contributed by atoms with Crippen molar-refractivity contribution in [2.45, 2.75) is 20.3 Å². The summed E-state index contributed by atoms with van der Waals surface area (Å²) < 4.78 is 0.993. The molecule has 17 heavy (non-hydrogen) atoms. The van der Waals surface area contributed by atoms with Crippen molar-refractivity contribution in [3.05, 3.63) is 43.8 Å². The van der Waals surface area contributed by atoms with Crippen molar-refractivity contribution in [3.8, 4) is 0 Å². The first kappa shape index (κ1) is 12.4. The fraction of sp³-hybridized carbons (Fsp3) is 0.250. The molecule has 3 nitrogen and oxygen atoms in total. The number of halogens is 1. The summed E-state index contributed by atoms with van der Waals surface area (Å²) in [7, 11) is 0. The highest BCUT2D eigenvalue weighted by Crippen LogP contribution is 2.24. The molecule has 2 aromatic rings. The Labute approximate surface area is 112 Å². The second kappa shape index (κ2) is 5.06. The van der Waals surface area contributed by atoms with Crippen molar-refractivity contribution in [2.75, 3.05) is 0 Å². The summed E-state index contributed by atoms with van der Waals surface area (Å²) in [6.07, 6.45) is 0.407. The molecule has 0 N–H and O–H groups in total. The quantitative estimate of drug-likeness (QED) is 0.817. The van der Waals surface area contributed by atoms with Gasteiger partial charge in [0.15, 0.2) is 5.78 Å². The van der Waals surface area contributed by atoms with Gasteiger partial charge < -0.3 is 0 Å². The molecule has 2 heterocycles. The lowest BCUT2D eigenvalue weighted by Gasteiger charge is -2.03. The van der Waals surface area contributed by atoms with E-state index in [4.69, 9.17) is 0 Å². The molecule has 0 saturated heterocycles. The van der Waals surface area contributed by atoms with E-state index < -0.39 is 0 Å². The molecule has 0 spiro atoms. The molecule has 2 aromatic heterocycles. The summed E-state index contributed by atoms with van der Waals surface area (Å²) in [5.41, 5.74) is 2.12. The highest BCUT2D eigenvalue weighted by Gasteiger charge is 2.14. The Balaban J connectivity index is 2.26. The summed E-state index contributed by atoms with van der Waals surface area (Å²) in [4.78, 5) is 13.2. The second-order valence-corrected chi connectivity index (χ2v) is 5.63. The summed E-state index contributed by atoms with van der Waals surface area (Å²) in [5, 5.41) is 9.87. The molecule has 2 rings (SSSR count). The zero-order valence-electron chi connectivity index (χ0n) is 9.53. The van der Waals surface area contributed by atoms with Gasteiger partial charge in [0.05, 0.1) is 11.4 Å². The minimum atomic E-state index is 0.0867. The van der Waals surface area contributed by atoms with E-state index >= 15 is 0 Å². The Bertz CT molecular complexity index is 565. The molecule has 0 aliphatic carbocycles. The number of ketones is 1. The van der Waals surface area contributed by atoms with Gasteiger partial charge in [-0.15, -0.1) is 11.3 Å². The van der Waals surface area contributed by atoms with E-state index in [1.165, 1.54) is 0 Å². The van der Waals surface area contributed by atoms with Gasteiger partial charge in [-0.3, -0.25) is 4.79 Å². The van der Waals surface area contributed by atoms with Crippen molar-refractivity contribution >= 4 is 33.0 Å². The van der Waals surface area contributed by atoms with E-state index in [1.807, 2.05) is 25.3 Å². The first-order chi connectivity index (χ1) is 8.08. The maximum Gasteiger partial charge on any atom is 0.170 e. The van der Waals surface area contributed by atoms with Crippen LogP contribution in [0.4, 0.5) is 0 Å². The Kier molecular flexibility index (Phi) is 3.69. The summed E-state index contributed by atoms with van der Waals surface area (Å²) in [5.74, 6) is 0.0867. The van der Waals surface area contributed by atoms with Crippen LogP contribution in [0.1, 0.15) is 26.6 Å². The van der Waals surface area contributed by atoms with Gasteiger partial charge in [-0.25, -0.2) is 0 Å².